The minimum absolute atomic E-state index is 0. The SMILES string of the molecule is O=C([O-])c1ccc(Cl)s1.[Li+]. The summed E-state index contributed by atoms with van der Waals surface area (Å²) in [6.07, 6.45) is 0. The van der Waals surface area contributed by atoms with E-state index in [4.69, 9.17) is 11.6 Å². The summed E-state index contributed by atoms with van der Waals surface area (Å²) in [6, 6.07) is 2.94. The summed E-state index contributed by atoms with van der Waals surface area (Å²) >= 11 is 6.43. The minimum Gasteiger partial charge on any atom is -0.544 e. The fourth-order valence-corrected chi connectivity index (χ4v) is 1.30. The van der Waals surface area contributed by atoms with E-state index < -0.39 is 5.97 Å². The molecule has 1 heterocycles. The Labute approximate surface area is 79.0 Å². The molecule has 1 aromatic heterocycles. The summed E-state index contributed by atoms with van der Waals surface area (Å²) in [6.45, 7) is 0. The quantitative estimate of drug-likeness (QED) is 0.446. The summed E-state index contributed by atoms with van der Waals surface area (Å²) in [5.74, 6) is -1.17. The summed E-state index contributed by atoms with van der Waals surface area (Å²) in [5, 5.41) is 10.1. The van der Waals surface area contributed by atoms with E-state index in [1.807, 2.05) is 0 Å². The third-order valence-electron chi connectivity index (χ3n) is 0.774. The Bertz CT molecular complexity index is 235. The van der Waals surface area contributed by atoms with Gasteiger partial charge in [-0.1, -0.05) is 11.6 Å². The van der Waals surface area contributed by atoms with Crippen molar-refractivity contribution in [3.63, 3.8) is 0 Å². The van der Waals surface area contributed by atoms with Gasteiger partial charge in [-0.05, 0) is 12.1 Å². The first kappa shape index (κ1) is 10.1. The molecule has 0 aliphatic carbocycles. The second-order valence-corrected chi connectivity index (χ2v) is 3.11. The van der Waals surface area contributed by atoms with Crippen molar-refractivity contribution in [2.24, 2.45) is 0 Å². The molecule has 0 aromatic carbocycles. The van der Waals surface area contributed by atoms with Gasteiger partial charge in [0, 0.05) is 0 Å². The molecule has 2 nitrogen and oxygen atoms in total. The van der Waals surface area contributed by atoms with Crippen LogP contribution in [0, 0.1) is 0 Å². The van der Waals surface area contributed by atoms with Gasteiger partial charge < -0.3 is 9.90 Å². The van der Waals surface area contributed by atoms with Gasteiger partial charge in [0.05, 0.1) is 15.2 Å². The molecule has 5 heteroatoms. The van der Waals surface area contributed by atoms with Gasteiger partial charge in [0.2, 0.25) is 0 Å². The number of rotatable bonds is 1. The third-order valence-corrected chi connectivity index (χ3v) is 1.99. The molecule has 0 saturated heterocycles. The zero-order valence-electron chi connectivity index (χ0n) is 5.26. The molecule has 0 saturated carbocycles. The predicted molar refractivity (Wildman–Crippen MR) is 33.7 cm³/mol. The molecule has 0 radical (unpaired) electrons. The van der Waals surface area contributed by atoms with Crippen LogP contribution in [0.2, 0.25) is 4.34 Å². The number of hydrogen-bond donors (Lipinski definition) is 0. The molecule has 0 fully saturated rings. The van der Waals surface area contributed by atoms with Gasteiger partial charge >= 0.3 is 18.9 Å². The molecule has 0 atom stereocenters. The zero-order valence-corrected chi connectivity index (χ0v) is 6.83. The molecule has 0 unspecified atom stereocenters. The number of thiophene rings is 1. The van der Waals surface area contributed by atoms with E-state index in [2.05, 4.69) is 0 Å². The molecular formula is C5H2ClLiO2S. The van der Waals surface area contributed by atoms with Crippen molar-refractivity contribution in [2.75, 3.05) is 0 Å². The first-order valence-corrected chi connectivity index (χ1v) is 3.36. The van der Waals surface area contributed by atoms with Crippen molar-refractivity contribution in [1.29, 1.82) is 0 Å². The van der Waals surface area contributed by atoms with Crippen LogP contribution < -0.4 is 24.0 Å². The number of carboxylic acids is 1. The van der Waals surface area contributed by atoms with Crippen molar-refractivity contribution in [2.45, 2.75) is 0 Å². The molecule has 0 aliphatic rings. The number of aromatic carboxylic acids is 1. The van der Waals surface area contributed by atoms with E-state index in [9.17, 15) is 9.90 Å². The van der Waals surface area contributed by atoms with Gasteiger partial charge in [-0.3, -0.25) is 0 Å². The number of carbonyl (C=O) groups is 1. The number of carbonyl (C=O) groups excluding carboxylic acids is 1. The maximum Gasteiger partial charge on any atom is 1.00 e. The molecule has 0 bridgehead atoms. The van der Waals surface area contributed by atoms with Crippen molar-refractivity contribution in [3.8, 4) is 0 Å². The number of carboxylic acid groups (broad SMARTS) is 1. The molecule has 48 valence electrons. The summed E-state index contributed by atoms with van der Waals surface area (Å²) in [5.41, 5.74) is 0. The zero-order chi connectivity index (χ0) is 6.85. The van der Waals surface area contributed by atoms with Gasteiger partial charge in [0.15, 0.2) is 0 Å². The van der Waals surface area contributed by atoms with Crippen LogP contribution >= 0.6 is 22.9 Å². The number of hydrogen-bond acceptors (Lipinski definition) is 3. The van der Waals surface area contributed by atoms with Gasteiger partial charge in [0.25, 0.3) is 0 Å². The van der Waals surface area contributed by atoms with Crippen LogP contribution in [0.25, 0.3) is 0 Å². The van der Waals surface area contributed by atoms with E-state index in [0.717, 1.165) is 11.3 Å². The molecule has 0 N–H and O–H groups in total. The van der Waals surface area contributed by atoms with Gasteiger partial charge in [0.1, 0.15) is 0 Å². The number of halogens is 1. The Morgan fingerprint density at radius 1 is 1.60 bits per heavy atom. The first-order valence-electron chi connectivity index (χ1n) is 2.17. The fourth-order valence-electron chi connectivity index (χ4n) is 0.424. The summed E-state index contributed by atoms with van der Waals surface area (Å²) in [4.78, 5) is 10.2. The molecular weight excluding hydrogens is 167 g/mol. The van der Waals surface area contributed by atoms with Crippen molar-refractivity contribution in [1.82, 2.24) is 0 Å². The Hall–Kier alpha value is 0.0574. The minimum atomic E-state index is -1.17. The Balaban J connectivity index is 0.000000810. The van der Waals surface area contributed by atoms with E-state index >= 15 is 0 Å². The topological polar surface area (TPSA) is 40.1 Å². The molecule has 10 heavy (non-hydrogen) atoms. The van der Waals surface area contributed by atoms with Crippen LogP contribution in [-0.2, 0) is 0 Å². The van der Waals surface area contributed by atoms with Crippen molar-refractivity contribution < 1.29 is 28.8 Å². The molecule has 1 aromatic rings. The maximum absolute atomic E-state index is 10.1. The van der Waals surface area contributed by atoms with Gasteiger partial charge in [-0.25, -0.2) is 0 Å². The average Bonchev–Trinajstić information content (AvgIpc) is 2.14. The first-order chi connectivity index (χ1) is 4.20. The van der Waals surface area contributed by atoms with Gasteiger partial charge in [-0.15, -0.1) is 11.3 Å². The monoisotopic (exact) mass is 168 g/mol. The summed E-state index contributed by atoms with van der Waals surface area (Å²) < 4.78 is 0.467. The Morgan fingerprint density at radius 3 is 2.40 bits per heavy atom. The standard InChI is InChI=1S/C5H3ClO2S.Li/c6-4-2-1-3(9-4)5(7)8;/h1-2H,(H,7,8);/q;+1/p-1. The van der Waals surface area contributed by atoms with Crippen LogP contribution in [0.1, 0.15) is 9.67 Å². The van der Waals surface area contributed by atoms with E-state index in [-0.39, 0.29) is 23.7 Å². The Kier molecular flexibility index (Phi) is 4.07. The second kappa shape index (κ2) is 4.04. The van der Waals surface area contributed by atoms with E-state index in [0.29, 0.717) is 4.34 Å². The predicted octanol–water partition coefficient (Wildman–Crippen LogP) is -2.23. The Morgan fingerprint density at radius 2 is 2.20 bits per heavy atom. The fraction of sp³-hybridized carbons (Fsp3) is 0. The van der Waals surface area contributed by atoms with Crippen LogP contribution in [-0.4, -0.2) is 5.97 Å². The van der Waals surface area contributed by atoms with E-state index in [1.54, 1.807) is 0 Å². The van der Waals surface area contributed by atoms with Crippen LogP contribution in [0.3, 0.4) is 0 Å². The van der Waals surface area contributed by atoms with Crippen molar-refractivity contribution >= 4 is 28.9 Å². The normalized spacial score (nSPS) is 8.50. The van der Waals surface area contributed by atoms with Crippen LogP contribution in [0.4, 0.5) is 0 Å². The van der Waals surface area contributed by atoms with Gasteiger partial charge in [-0.2, -0.15) is 0 Å². The van der Waals surface area contributed by atoms with Crippen LogP contribution in [0.5, 0.6) is 0 Å². The molecule has 0 amide bonds. The van der Waals surface area contributed by atoms with Crippen molar-refractivity contribution in [3.05, 3.63) is 21.3 Å². The third kappa shape index (κ3) is 2.35. The smallest absolute Gasteiger partial charge is 0.544 e. The average molecular weight is 169 g/mol. The van der Waals surface area contributed by atoms with E-state index in [1.165, 1.54) is 12.1 Å². The molecule has 1 rings (SSSR count). The largest absolute Gasteiger partial charge is 1.00 e. The summed E-state index contributed by atoms with van der Waals surface area (Å²) in [7, 11) is 0. The molecule has 0 aliphatic heterocycles. The second-order valence-electron chi connectivity index (χ2n) is 1.39. The van der Waals surface area contributed by atoms with Crippen LogP contribution in [0.15, 0.2) is 12.1 Å². The maximum atomic E-state index is 10.1. The molecule has 0 spiro atoms.